The Hall–Kier alpha value is -2.86. The minimum atomic E-state index is -3.35. The second-order valence-corrected chi connectivity index (χ2v) is 9.93. The maximum Gasteiger partial charge on any atom is 0.207 e. The van der Waals surface area contributed by atoms with Gasteiger partial charge in [0.2, 0.25) is 7.29 Å². The Morgan fingerprint density at radius 2 is 1.33 bits per heavy atom. The fourth-order valence-electron chi connectivity index (χ4n) is 4.03. The molecule has 0 fully saturated rings. The smallest absolute Gasteiger partial charge is 0.207 e. The molecule has 5 heteroatoms. The fourth-order valence-corrected chi connectivity index (χ4v) is 7.36. The molecule has 0 bridgehead atoms. The number of hydrogen-bond acceptors (Lipinski definition) is 3. The highest BCUT2D eigenvalue weighted by atomic mass is 31.2. The molecule has 0 radical (unpaired) electrons. The zero-order chi connectivity index (χ0) is 21.9. The minimum absolute atomic E-state index is 0.656. The summed E-state index contributed by atoms with van der Waals surface area (Å²) in [4.78, 5) is 0. The number of rotatable bonds is 6. The van der Waals surface area contributed by atoms with E-state index in [1.165, 1.54) is 0 Å². The van der Waals surface area contributed by atoms with Crippen LogP contribution in [0.1, 0.15) is 33.9 Å². The Morgan fingerprint density at radius 3 is 1.77 bits per heavy atom. The molecule has 0 aliphatic heterocycles. The van der Waals surface area contributed by atoms with Gasteiger partial charge in [0.25, 0.3) is 0 Å². The molecule has 0 heterocycles. The van der Waals surface area contributed by atoms with Gasteiger partial charge in [-0.2, -0.15) is 5.26 Å². The number of nitrogens with one attached hydrogen (secondary N) is 1. The van der Waals surface area contributed by atoms with Crippen molar-refractivity contribution >= 4 is 17.9 Å². The second kappa shape index (κ2) is 8.88. The highest BCUT2D eigenvalue weighted by molar-refractivity contribution is 7.77. The van der Waals surface area contributed by atoms with E-state index in [0.717, 1.165) is 38.4 Å². The lowest BCUT2D eigenvalue weighted by Gasteiger charge is -2.29. The summed E-state index contributed by atoms with van der Waals surface area (Å²) in [6.45, 7) is 7.88. The molecule has 154 valence electrons. The number of hydrogen-bond donors (Lipinski definition) is 1. The average Bonchev–Trinajstić information content (AvgIpc) is 2.72. The van der Waals surface area contributed by atoms with Crippen LogP contribution in [0.5, 0.6) is 5.75 Å². The Labute approximate surface area is 179 Å². The van der Waals surface area contributed by atoms with Gasteiger partial charge in [0.15, 0.2) is 0 Å². The number of nitrogens with zero attached hydrogens (tertiary/aromatic N) is 1. The van der Waals surface area contributed by atoms with Crippen LogP contribution >= 0.6 is 7.29 Å². The van der Waals surface area contributed by atoms with E-state index in [0.29, 0.717) is 5.75 Å². The van der Waals surface area contributed by atoms with Gasteiger partial charge in [0, 0.05) is 10.6 Å². The van der Waals surface area contributed by atoms with Gasteiger partial charge in [-0.05, 0) is 67.6 Å². The van der Waals surface area contributed by atoms with Crippen LogP contribution in [-0.4, -0.2) is 7.11 Å². The van der Waals surface area contributed by atoms with Gasteiger partial charge in [-0.25, -0.2) is 5.09 Å². The number of benzene rings is 3. The van der Waals surface area contributed by atoms with Crippen molar-refractivity contribution in [2.45, 2.75) is 33.7 Å². The summed E-state index contributed by atoms with van der Waals surface area (Å²) >= 11 is 0. The lowest BCUT2D eigenvalue weighted by Crippen LogP contribution is -2.34. The molecule has 3 rings (SSSR count). The van der Waals surface area contributed by atoms with E-state index < -0.39 is 13.3 Å². The molecule has 30 heavy (non-hydrogen) atoms. The first-order valence-corrected chi connectivity index (χ1v) is 11.6. The highest BCUT2D eigenvalue weighted by Gasteiger charge is 2.35. The summed E-state index contributed by atoms with van der Waals surface area (Å²) in [5.74, 6) is 0.656. The van der Waals surface area contributed by atoms with Gasteiger partial charge in [-0.1, -0.05) is 48.5 Å². The SMILES string of the molecule is COc1cccc([C@H](C#N)NP(=O)(c2c(C)cccc2C)c2c(C)cccc2C)c1. The third-order valence-corrected chi connectivity index (χ3v) is 8.67. The van der Waals surface area contributed by atoms with E-state index in [2.05, 4.69) is 11.2 Å². The van der Waals surface area contributed by atoms with Crippen LogP contribution in [0.3, 0.4) is 0 Å². The highest BCUT2D eigenvalue weighted by Crippen LogP contribution is 2.45. The lowest BCUT2D eigenvalue weighted by atomic mass is 10.1. The van der Waals surface area contributed by atoms with Gasteiger partial charge < -0.3 is 4.74 Å². The minimum Gasteiger partial charge on any atom is -0.497 e. The fraction of sp³-hybridized carbons (Fsp3) is 0.240. The Balaban J connectivity index is 2.25. The molecule has 0 aliphatic carbocycles. The van der Waals surface area contributed by atoms with Crippen LogP contribution in [0, 0.1) is 39.0 Å². The van der Waals surface area contributed by atoms with Crippen molar-refractivity contribution in [1.82, 2.24) is 5.09 Å². The van der Waals surface area contributed by atoms with Crippen molar-refractivity contribution < 1.29 is 9.30 Å². The zero-order valence-corrected chi connectivity index (χ0v) is 19.0. The van der Waals surface area contributed by atoms with Crippen LogP contribution < -0.4 is 20.4 Å². The van der Waals surface area contributed by atoms with Gasteiger partial charge in [-0.15, -0.1) is 0 Å². The van der Waals surface area contributed by atoms with Crippen LogP contribution in [0.2, 0.25) is 0 Å². The maximum absolute atomic E-state index is 14.9. The van der Waals surface area contributed by atoms with Crippen molar-refractivity contribution in [3.05, 3.63) is 88.5 Å². The van der Waals surface area contributed by atoms with Crippen molar-refractivity contribution in [2.24, 2.45) is 0 Å². The molecule has 0 spiro atoms. The van der Waals surface area contributed by atoms with Crippen LogP contribution in [0.15, 0.2) is 60.7 Å². The van der Waals surface area contributed by atoms with E-state index in [1.807, 2.05) is 82.3 Å². The zero-order valence-electron chi connectivity index (χ0n) is 18.1. The van der Waals surface area contributed by atoms with Crippen molar-refractivity contribution in [3.8, 4) is 11.8 Å². The first kappa shape index (κ1) is 21.8. The van der Waals surface area contributed by atoms with E-state index >= 15 is 0 Å². The quantitative estimate of drug-likeness (QED) is 0.572. The summed E-state index contributed by atoms with van der Waals surface area (Å²) < 4.78 is 20.2. The molecular formula is C25H27N2O2P. The molecule has 4 nitrogen and oxygen atoms in total. The molecule has 0 aromatic heterocycles. The number of nitriles is 1. The number of aryl methyl sites for hydroxylation is 4. The molecule has 1 N–H and O–H groups in total. The molecular weight excluding hydrogens is 391 g/mol. The molecule has 0 saturated heterocycles. The summed E-state index contributed by atoms with van der Waals surface area (Å²) in [7, 11) is -1.76. The van der Waals surface area contributed by atoms with Gasteiger partial charge in [0.1, 0.15) is 11.8 Å². The Kier molecular flexibility index (Phi) is 6.46. The van der Waals surface area contributed by atoms with Crippen LogP contribution in [-0.2, 0) is 4.57 Å². The molecule has 0 amide bonds. The summed E-state index contributed by atoms with van der Waals surface area (Å²) in [5.41, 5.74) is 4.48. The molecule has 3 aromatic carbocycles. The first-order chi connectivity index (χ1) is 14.3. The molecule has 0 saturated carbocycles. The van der Waals surface area contributed by atoms with Gasteiger partial charge in [0.05, 0.1) is 13.2 Å². The van der Waals surface area contributed by atoms with Crippen molar-refractivity contribution in [1.29, 1.82) is 5.26 Å². The topological polar surface area (TPSA) is 62.1 Å². The monoisotopic (exact) mass is 418 g/mol. The standard InChI is InChI=1S/C25H27N2O2P/c1-17-9-6-10-18(2)24(17)30(28,25-19(3)11-7-12-20(25)4)27-23(16-26)21-13-8-14-22(15-21)29-5/h6-15,23H,1-5H3,(H,27,28)/t23-/m0/s1. The van der Waals surface area contributed by atoms with E-state index in [-0.39, 0.29) is 0 Å². The normalized spacial score (nSPS) is 12.3. The molecule has 1 atom stereocenters. The second-order valence-electron chi connectivity index (χ2n) is 7.56. The van der Waals surface area contributed by atoms with E-state index in [4.69, 9.17) is 4.74 Å². The largest absolute Gasteiger partial charge is 0.497 e. The number of methoxy groups -OCH3 is 1. The van der Waals surface area contributed by atoms with E-state index in [1.54, 1.807) is 13.2 Å². The van der Waals surface area contributed by atoms with E-state index in [9.17, 15) is 9.83 Å². The first-order valence-electron chi connectivity index (χ1n) is 9.86. The lowest BCUT2D eigenvalue weighted by molar-refractivity contribution is 0.414. The predicted octanol–water partition coefficient (Wildman–Crippen LogP) is 5.01. The summed E-state index contributed by atoms with van der Waals surface area (Å²) in [6.07, 6.45) is 0. The molecule has 0 unspecified atom stereocenters. The Morgan fingerprint density at radius 1 is 0.867 bits per heavy atom. The van der Waals surface area contributed by atoms with Gasteiger partial charge >= 0.3 is 0 Å². The van der Waals surface area contributed by atoms with Crippen LogP contribution in [0.4, 0.5) is 0 Å². The number of ether oxygens (including phenoxy) is 1. The summed E-state index contributed by atoms with van der Waals surface area (Å²) in [6, 6.07) is 20.7. The molecule has 3 aromatic rings. The maximum atomic E-state index is 14.9. The van der Waals surface area contributed by atoms with Crippen molar-refractivity contribution in [3.63, 3.8) is 0 Å². The van der Waals surface area contributed by atoms with Crippen molar-refractivity contribution in [2.75, 3.05) is 7.11 Å². The Bertz CT molecular complexity index is 1070. The average molecular weight is 418 g/mol. The third kappa shape index (κ3) is 4.05. The molecule has 0 aliphatic rings. The third-order valence-electron chi connectivity index (χ3n) is 5.38. The predicted molar refractivity (Wildman–Crippen MR) is 123 cm³/mol. The van der Waals surface area contributed by atoms with Gasteiger partial charge in [-0.3, -0.25) is 4.57 Å². The van der Waals surface area contributed by atoms with Crippen LogP contribution in [0.25, 0.3) is 0 Å². The summed E-state index contributed by atoms with van der Waals surface area (Å²) in [5, 5.41) is 14.8.